The largest absolute Gasteiger partial charge is 0.352 e. The Hall–Kier alpha value is -3.07. The van der Waals surface area contributed by atoms with Gasteiger partial charge in [-0.05, 0) is 86.2 Å². The van der Waals surface area contributed by atoms with E-state index in [1.54, 1.807) is 48.5 Å². The third-order valence-corrected chi connectivity index (χ3v) is 10.1. The first kappa shape index (κ1) is 31.9. The number of benzene rings is 3. The Balaban J connectivity index is 1.74. The highest BCUT2D eigenvalue weighted by molar-refractivity contribution is 7.92. The standard InChI is InChI=1S/C32H37Cl2N3O4S/c1-4-30(32(39)35-25-10-8-9-11-25)36(20-24-14-15-28(33)29(34)19-24)31(38)21-37(26-17-22(2)16-23(3)18-26)42(40,41)27-12-6-5-7-13-27/h5-7,12-19,25,30H,4,8-11,20-21H2,1-3H3,(H,35,39)/t30-/m0/s1. The van der Waals surface area contributed by atoms with Crippen LogP contribution in [0.5, 0.6) is 0 Å². The van der Waals surface area contributed by atoms with Crippen molar-refractivity contribution in [3.05, 3.63) is 93.5 Å². The Morgan fingerprint density at radius 1 is 0.929 bits per heavy atom. The fraction of sp³-hybridized carbons (Fsp3) is 0.375. The van der Waals surface area contributed by atoms with E-state index in [0.717, 1.165) is 41.1 Å². The SMILES string of the molecule is CC[C@@H](C(=O)NC1CCCC1)N(Cc1ccc(Cl)c(Cl)c1)C(=O)CN(c1cc(C)cc(C)c1)S(=O)(=O)c1ccccc1. The normalized spacial score (nSPS) is 14.4. The van der Waals surface area contributed by atoms with E-state index < -0.39 is 28.5 Å². The lowest BCUT2D eigenvalue weighted by atomic mass is 10.1. The van der Waals surface area contributed by atoms with Crippen LogP contribution in [0.15, 0.2) is 71.6 Å². The molecule has 0 heterocycles. The van der Waals surface area contributed by atoms with Gasteiger partial charge < -0.3 is 10.2 Å². The second-order valence-corrected chi connectivity index (χ2v) is 13.5. The van der Waals surface area contributed by atoms with Crippen LogP contribution in [0, 0.1) is 13.8 Å². The van der Waals surface area contributed by atoms with E-state index in [1.165, 1.54) is 17.0 Å². The molecule has 0 aliphatic heterocycles. The van der Waals surface area contributed by atoms with Gasteiger partial charge in [-0.1, -0.05) is 73.3 Å². The zero-order valence-electron chi connectivity index (χ0n) is 24.1. The third kappa shape index (κ3) is 7.65. The second kappa shape index (κ2) is 13.9. The van der Waals surface area contributed by atoms with Crippen LogP contribution in [0.3, 0.4) is 0 Å². The molecule has 0 spiro atoms. The smallest absolute Gasteiger partial charge is 0.264 e. The Bertz CT molecular complexity index is 1510. The van der Waals surface area contributed by atoms with E-state index in [2.05, 4.69) is 5.32 Å². The molecule has 42 heavy (non-hydrogen) atoms. The first-order valence-corrected chi connectivity index (χ1v) is 16.4. The van der Waals surface area contributed by atoms with E-state index in [1.807, 2.05) is 26.8 Å². The molecule has 3 aromatic carbocycles. The zero-order valence-corrected chi connectivity index (χ0v) is 26.5. The number of hydrogen-bond acceptors (Lipinski definition) is 4. The molecular weight excluding hydrogens is 593 g/mol. The van der Waals surface area contributed by atoms with E-state index in [0.29, 0.717) is 27.7 Å². The van der Waals surface area contributed by atoms with Crippen molar-refractivity contribution in [3.8, 4) is 0 Å². The summed E-state index contributed by atoms with van der Waals surface area (Å²) in [7, 11) is -4.13. The van der Waals surface area contributed by atoms with Gasteiger partial charge in [-0.25, -0.2) is 8.42 Å². The molecule has 224 valence electrons. The highest BCUT2D eigenvalue weighted by atomic mass is 35.5. The van der Waals surface area contributed by atoms with Crippen LogP contribution < -0.4 is 9.62 Å². The number of nitrogens with one attached hydrogen (secondary N) is 1. The molecule has 4 rings (SSSR count). The Kier molecular flexibility index (Phi) is 10.6. The molecule has 0 aromatic heterocycles. The van der Waals surface area contributed by atoms with Crippen molar-refractivity contribution >= 4 is 50.7 Å². The number of aryl methyl sites for hydroxylation is 2. The highest BCUT2D eigenvalue weighted by Crippen LogP contribution is 2.28. The van der Waals surface area contributed by atoms with Crippen molar-refractivity contribution in [1.29, 1.82) is 0 Å². The predicted molar refractivity (Wildman–Crippen MR) is 168 cm³/mol. The lowest BCUT2D eigenvalue weighted by Crippen LogP contribution is -2.53. The lowest BCUT2D eigenvalue weighted by molar-refractivity contribution is -0.140. The van der Waals surface area contributed by atoms with Gasteiger partial charge in [-0.3, -0.25) is 13.9 Å². The van der Waals surface area contributed by atoms with Gasteiger partial charge in [0.2, 0.25) is 11.8 Å². The molecule has 1 fully saturated rings. The van der Waals surface area contributed by atoms with Crippen LogP contribution in [0.2, 0.25) is 10.0 Å². The maximum Gasteiger partial charge on any atom is 0.264 e. The number of anilines is 1. The van der Waals surface area contributed by atoms with Gasteiger partial charge in [0.1, 0.15) is 12.6 Å². The highest BCUT2D eigenvalue weighted by Gasteiger charge is 2.34. The van der Waals surface area contributed by atoms with Crippen LogP contribution in [0.4, 0.5) is 5.69 Å². The van der Waals surface area contributed by atoms with Gasteiger partial charge in [0.15, 0.2) is 0 Å². The zero-order chi connectivity index (χ0) is 30.4. The van der Waals surface area contributed by atoms with Crippen molar-refractivity contribution in [2.45, 2.75) is 76.4 Å². The number of carbonyl (C=O) groups excluding carboxylic acids is 2. The molecule has 1 N–H and O–H groups in total. The Morgan fingerprint density at radius 2 is 1.57 bits per heavy atom. The minimum absolute atomic E-state index is 0.0540. The molecule has 2 amide bonds. The summed E-state index contributed by atoms with van der Waals surface area (Å²) in [5.41, 5.74) is 2.78. The summed E-state index contributed by atoms with van der Waals surface area (Å²) in [4.78, 5) is 29.3. The summed E-state index contributed by atoms with van der Waals surface area (Å²) >= 11 is 12.4. The summed E-state index contributed by atoms with van der Waals surface area (Å²) in [5.74, 6) is -0.755. The predicted octanol–water partition coefficient (Wildman–Crippen LogP) is 6.67. The van der Waals surface area contributed by atoms with E-state index >= 15 is 0 Å². The average Bonchev–Trinajstić information content (AvgIpc) is 3.46. The minimum atomic E-state index is -4.13. The fourth-order valence-electron chi connectivity index (χ4n) is 5.46. The van der Waals surface area contributed by atoms with Crippen molar-refractivity contribution in [1.82, 2.24) is 10.2 Å². The monoisotopic (exact) mass is 629 g/mol. The molecule has 3 aromatic rings. The third-order valence-electron chi connectivity index (χ3n) is 7.53. The van der Waals surface area contributed by atoms with Crippen molar-refractivity contribution in [3.63, 3.8) is 0 Å². The van der Waals surface area contributed by atoms with Gasteiger partial charge >= 0.3 is 0 Å². The lowest BCUT2D eigenvalue weighted by Gasteiger charge is -2.34. The van der Waals surface area contributed by atoms with Crippen LogP contribution in [0.1, 0.15) is 55.7 Å². The van der Waals surface area contributed by atoms with Gasteiger partial charge in [-0.15, -0.1) is 0 Å². The molecule has 0 radical (unpaired) electrons. The molecule has 10 heteroatoms. The molecule has 0 saturated heterocycles. The second-order valence-electron chi connectivity index (χ2n) is 10.9. The van der Waals surface area contributed by atoms with Crippen molar-refractivity contribution in [2.24, 2.45) is 0 Å². The van der Waals surface area contributed by atoms with Crippen LogP contribution in [0.25, 0.3) is 0 Å². The van der Waals surface area contributed by atoms with Crippen molar-refractivity contribution in [2.75, 3.05) is 10.8 Å². The first-order chi connectivity index (χ1) is 20.0. The van der Waals surface area contributed by atoms with E-state index in [-0.39, 0.29) is 23.4 Å². The van der Waals surface area contributed by atoms with Gasteiger partial charge in [0.25, 0.3) is 10.0 Å². The number of nitrogens with zero attached hydrogens (tertiary/aromatic N) is 2. The number of halogens is 2. The molecular formula is C32H37Cl2N3O4S. The number of hydrogen-bond donors (Lipinski definition) is 1. The fourth-order valence-corrected chi connectivity index (χ4v) is 7.20. The molecule has 1 saturated carbocycles. The Morgan fingerprint density at radius 3 is 2.17 bits per heavy atom. The average molecular weight is 631 g/mol. The molecule has 7 nitrogen and oxygen atoms in total. The molecule has 0 bridgehead atoms. The van der Waals surface area contributed by atoms with Crippen LogP contribution in [-0.2, 0) is 26.2 Å². The van der Waals surface area contributed by atoms with Gasteiger partial charge in [0.05, 0.1) is 20.6 Å². The molecule has 1 atom stereocenters. The summed E-state index contributed by atoms with van der Waals surface area (Å²) in [6, 6.07) is 17.8. The van der Waals surface area contributed by atoms with E-state index in [4.69, 9.17) is 23.2 Å². The maximum absolute atomic E-state index is 14.3. The summed E-state index contributed by atoms with van der Waals surface area (Å²) in [6.45, 7) is 5.16. The van der Waals surface area contributed by atoms with Crippen LogP contribution in [-0.4, -0.2) is 43.8 Å². The van der Waals surface area contributed by atoms with Crippen LogP contribution >= 0.6 is 23.2 Å². The maximum atomic E-state index is 14.3. The van der Waals surface area contributed by atoms with E-state index in [9.17, 15) is 18.0 Å². The summed E-state index contributed by atoms with van der Waals surface area (Å²) in [6.07, 6.45) is 4.25. The van der Waals surface area contributed by atoms with Gasteiger partial charge in [-0.2, -0.15) is 0 Å². The molecule has 1 aliphatic carbocycles. The van der Waals surface area contributed by atoms with Gasteiger partial charge in [0, 0.05) is 12.6 Å². The number of sulfonamides is 1. The summed E-state index contributed by atoms with van der Waals surface area (Å²) < 4.78 is 29.1. The number of carbonyl (C=O) groups is 2. The Labute approximate surface area is 258 Å². The summed E-state index contributed by atoms with van der Waals surface area (Å²) in [5, 5.41) is 3.82. The number of amides is 2. The topological polar surface area (TPSA) is 86.8 Å². The molecule has 1 aliphatic rings. The number of rotatable bonds is 11. The van der Waals surface area contributed by atoms with Crippen molar-refractivity contribution < 1.29 is 18.0 Å². The first-order valence-electron chi connectivity index (χ1n) is 14.2. The minimum Gasteiger partial charge on any atom is -0.352 e. The molecule has 0 unspecified atom stereocenters. The quantitative estimate of drug-likeness (QED) is 0.256.